The number of methoxy groups -OCH3 is 1. The molecule has 124 valence electrons. The van der Waals surface area contributed by atoms with Crippen molar-refractivity contribution in [2.75, 3.05) is 38.3 Å². The SMILES string of the molecule is COCCNC(=O)C1CCCN(c2nc3ccc(C)cc3s2)C1. The molecule has 6 heteroatoms. The van der Waals surface area contributed by atoms with Crippen molar-refractivity contribution in [2.24, 2.45) is 5.92 Å². The van der Waals surface area contributed by atoms with Crippen molar-refractivity contribution < 1.29 is 9.53 Å². The van der Waals surface area contributed by atoms with Crippen LogP contribution < -0.4 is 10.2 Å². The Morgan fingerprint density at radius 1 is 1.52 bits per heavy atom. The summed E-state index contributed by atoms with van der Waals surface area (Å²) in [5.74, 6) is 0.165. The van der Waals surface area contributed by atoms with Crippen LogP contribution in [-0.2, 0) is 9.53 Å². The van der Waals surface area contributed by atoms with E-state index in [-0.39, 0.29) is 11.8 Å². The van der Waals surface area contributed by atoms with Crippen LogP contribution in [-0.4, -0.2) is 44.2 Å². The minimum Gasteiger partial charge on any atom is -0.383 e. The molecule has 1 aromatic carbocycles. The van der Waals surface area contributed by atoms with Gasteiger partial charge in [0, 0.05) is 26.7 Å². The molecule has 1 saturated heterocycles. The number of nitrogens with zero attached hydrogens (tertiary/aromatic N) is 2. The lowest BCUT2D eigenvalue weighted by atomic mass is 9.97. The molecule has 1 unspecified atom stereocenters. The van der Waals surface area contributed by atoms with Gasteiger partial charge >= 0.3 is 0 Å². The summed E-state index contributed by atoms with van der Waals surface area (Å²) in [6, 6.07) is 6.34. The first-order valence-electron chi connectivity index (χ1n) is 8.06. The van der Waals surface area contributed by atoms with E-state index in [0.29, 0.717) is 13.2 Å². The number of aromatic nitrogens is 1. The van der Waals surface area contributed by atoms with Gasteiger partial charge in [-0.1, -0.05) is 17.4 Å². The molecule has 5 nitrogen and oxygen atoms in total. The minimum absolute atomic E-state index is 0.0364. The molecule has 2 aromatic rings. The van der Waals surface area contributed by atoms with Crippen LogP contribution in [0.25, 0.3) is 10.2 Å². The molecule has 23 heavy (non-hydrogen) atoms. The number of fused-ring (bicyclic) bond motifs is 1. The Bertz CT molecular complexity index is 686. The predicted molar refractivity (Wildman–Crippen MR) is 94.2 cm³/mol. The zero-order chi connectivity index (χ0) is 16.2. The number of carbonyl (C=O) groups is 1. The molecule has 0 bridgehead atoms. The molecule has 0 radical (unpaired) electrons. The fraction of sp³-hybridized carbons (Fsp3) is 0.529. The fourth-order valence-electron chi connectivity index (χ4n) is 2.94. The van der Waals surface area contributed by atoms with Gasteiger partial charge in [0.1, 0.15) is 0 Å². The zero-order valence-corrected chi connectivity index (χ0v) is 14.5. The molecular formula is C17H23N3O2S. The summed E-state index contributed by atoms with van der Waals surface area (Å²) in [5.41, 5.74) is 2.30. The minimum atomic E-state index is 0.0364. The second kappa shape index (κ2) is 7.27. The molecule has 3 rings (SSSR count). The van der Waals surface area contributed by atoms with Gasteiger partial charge in [0.25, 0.3) is 0 Å². The molecule has 2 heterocycles. The van der Waals surface area contributed by atoms with E-state index in [9.17, 15) is 4.79 Å². The van der Waals surface area contributed by atoms with E-state index in [1.807, 2.05) is 0 Å². The topological polar surface area (TPSA) is 54.5 Å². The highest BCUT2D eigenvalue weighted by molar-refractivity contribution is 7.22. The number of ether oxygens (including phenoxy) is 1. The third kappa shape index (κ3) is 3.82. The lowest BCUT2D eigenvalue weighted by Gasteiger charge is -2.31. The number of nitrogens with one attached hydrogen (secondary N) is 1. The maximum atomic E-state index is 12.3. The average Bonchev–Trinajstić information content (AvgIpc) is 2.98. The summed E-state index contributed by atoms with van der Waals surface area (Å²) >= 11 is 1.72. The quantitative estimate of drug-likeness (QED) is 0.855. The third-order valence-corrected chi connectivity index (χ3v) is 5.28. The van der Waals surface area contributed by atoms with Crippen LogP contribution in [0.15, 0.2) is 18.2 Å². The summed E-state index contributed by atoms with van der Waals surface area (Å²) in [4.78, 5) is 19.2. The van der Waals surface area contributed by atoms with Gasteiger partial charge in [-0.3, -0.25) is 4.79 Å². The zero-order valence-electron chi connectivity index (χ0n) is 13.7. The highest BCUT2D eigenvalue weighted by atomic mass is 32.1. The number of hydrogen-bond donors (Lipinski definition) is 1. The van der Waals surface area contributed by atoms with Crippen molar-refractivity contribution >= 4 is 32.6 Å². The van der Waals surface area contributed by atoms with Crippen molar-refractivity contribution in [3.63, 3.8) is 0 Å². The lowest BCUT2D eigenvalue weighted by Crippen LogP contribution is -2.43. The monoisotopic (exact) mass is 333 g/mol. The number of anilines is 1. The van der Waals surface area contributed by atoms with Crippen LogP contribution in [0.3, 0.4) is 0 Å². The van der Waals surface area contributed by atoms with Gasteiger partial charge in [0.15, 0.2) is 5.13 Å². The number of carbonyl (C=O) groups excluding carboxylic acids is 1. The molecule has 1 amide bonds. The van der Waals surface area contributed by atoms with Gasteiger partial charge in [-0.15, -0.1) is 0 Å². The largest absolute Gasteiger partial charge is 0.383 e. The molecule has 1 aliphatic rings. The predicted octanol–water partition coefficient (Wildman–Crippen LogP) is 2.58. The summed E-state index contributed by atoms with van der Waals surface area (Å²) < 4.78 is 6.19. The smallest absolute Gasteiger partial charge is 0.224 e. The number of rotatable bonds is 5. The van der Waals surface area contributed by atoms with Crippen molar-refractivity contribution in [2.45, 2.75) is 19.8 Å². The molecule has 1 N–H and O–H groups in total. The van der Waals surface area contributed by atoms with E-state index < -0.39 is 0 Å². The Balaban J connectivity index is 1.68. The highest BCUT2D eigenvalue weighted by Crippen LogP contribution is 2.32. The summed E-state index contributed by atoms with van der Waals surface area (Å²) in [6.07, 6.45) is 1.97. The van der Waals surface area contributed by atoms with E-state index in [1.165, 1.54) is 10.3 Å². The molecule has 0 aliphatic carbocycles. The van der Waals surface area contributed by atoms with Gasteiger partial charge in [-0.05, 0) is 37.5 Å². The maximum absolute atomic E-state index is 12.3. The van der Waals surface area contributed by atoms with E-state index in [1.54, 1.807) is 18.4 Å². The van der Waals surface area contributed by atoms with Crippen molar-refractivity contribution in [3.8, 4) is 0 Å². The number of benzene rings is 1. The first-order valence-corrected chi connectivity index (χ1v) is 8.88. The second-order valence-corrected chi connectivity index (χ2v) is 7.05. The number of thiazole rings is 1. The van der Waals surface area contributed by atoms with Gasteiger partial charge in [-0.2, -0.15) is 0 Å². The Kier molecular flexibility index (Phi) is 5.13. The average molecular weight is 333 g/mol. The molecule has 1 fully saturated rings. The first kappa shape index (κ1) is 16.2. The Labute approximate surface area is 140 Å². The van der Waals surface area contributed by atoms with Crippen molar-refractivity contribution in [1.29, 1.82) is 0 Å². The number of hydrogen-bond acceptors (Lipinski definition) is 5. The van der Waals surface area contributed by atoms with Crippen LogP contribution in [0.4, 0.5) is 5.13 Å². The molecule has 1 aromatic heterocycles. The van der Waals surface area contributed by atoms with Gasteiger partial charge in [0.05, 0.1) is 22.7 Å². The van der Waals surface area contributed by atoms with Crippen LogP contribution in [0, 0.1) is 12.8 Å². The van der Waals surface area contributed by atoms with Gasteiger partial charge in [0.2, 0.25) is 5.91 Å². The number of aryl methyl sites for hydroxylation is 1. The fourth-order valence-corrected chi connectivity index (χ4v) is 4.04. The van der Waals surface area contributed by atoms with Crippen LogP contribution >= 0.6 is 11.3 Å². The van der Waals surface area contributed by atoms with Crippen molar-refractivity contribution in [3.05, 3.63) is 23.8 Å². The molecule has 0 saturated carbocycles. The van der Waals surface area contributed by atoms with Crippen LogP contribution in [0.5, 0.6) is 0 Å². The first-order chi connectivity index (χ1) is 11.2. The van der Waals surface area contributed by atoms with Gasteiger partial charge in [-0.25, -0.2) is 4.98 Å². The Morgan fingerprint density at radius 3 is 3.22 bits per heavy atom. The Hall–Kier alpha value is -1.66. The summed E-state index contributed by atoms with van der Waals surface area (Å²) in [7, 11) is 1.64. The maximum Gasteiger partial charge on any atom is 0.224 e. The van der Waals surface area contributed by atoms with E-state index >= 15 is 0 Å². The van der Waals surface area contributed by atoms with E-state index in [4.69, 9.17) is 9.72 Å². The van der Waals surface area contributed by atoms with E-state index in [0.717, 1.165) is 36.6 Å². The molecule has 0 spiro atoms. The number of piperidine rings is 1. The van der Waals surface area contributed by atoms with Crippen LogP contribution in [0.2, 0.25) is 0 Å². The Morgan fingerprint density at radius 2 is 2.39 bits per heavy atom. The lowest BCUT2D eigenvalue weighted by molar-refractivity contribution is -0.125. The summed E-state index contributed by atoms with van der Waals surface area (Å²) in [6.45, 7) is 4.95. The third-order valence-electron chi connectivity index (χ3n) is 4.20. The van der Waals surface area contributed by atoms with Crippen molar-refractivity contribution in [1.82, 2.24) is 10.3 Å². The highest BCUT2D eigenvalue weighted by Gasteiger charge is 2.27. The molecular weight excluding hydrogens is 310 g/mol. The summed E-state index contributed by atoms with van der Waals surface area (Å²) in [5, 5.41) is 3.98. The number of amides is 1. The van der Waals surface area contributed by atoms with Crippen LogP contribution in [0.1, 0.15) is 18.4 Å². The molecule has 1 atom stereocenters. The van der Waals surface area contributed by atoms with E-state index in [2.05, 4.69) is 35.3 Å². The standard InChI is InChI=1S/C17H23N3O2S/c1-12-5-6-14-15(10-12)23-17(19-14)20-8-3-4-13(11-20)16(21)18-7-9-22-2/h5-6,10,13H,3-4,7-9,11H2,1-2H3,(H,18,21). The second-order valence-electron chi connectivity index (χ2n) is 6.04. The van der Waals surface area contributed by atoms with Gasteiger partial charge < -0.3 is 15.0 Å². The normalized spacial score (nSPS) is 18.3. The molecule has 1 aliphatic heterocycles.